The first-order valence-corrected chi connectivity index (χ1v) is 42.7. The van der Waals surface area contributed by atoms with Crippen LogP contribution in [0, 0.1) is 104 Å². The second-order valence-electron chi connectivity index (χ2n) is 36.6. The van der Waals surface area contributed by atoms with Gasteiger partial charge in [-0.2, -0.15) is 0 Å². The van der Waals surface area contributed by atoms with E-state index in [2.05, 4.69) is 172 Å². The third-order valence-electron chi connectivity index (χ3n) is 31.0. The summed E-state index contributed by atoms with van der Waals surface area (Å²) in [6.45, 7) is 20.8. The molecule has 99 heavy (non-hydrogen) atoms. The summed E-state index contributed by atoms with van der Waals surface area (Å²) in [6.07, 6.45) is 55.4. The minimum atomic E-state index is 0.584. The molecule has 20 rings (SSSR count). The van der Waals surface area contributed by atoms with E-state index < -0.39 is 0 Å². The van der Waals surface area contributed by atoms with Crippen molar-refractivity contribution in [1.29, 1.82) is 0 Å². The molecule has 8 bridgehead atoms. The summed E-state index contributed by atoms with van der Waals surface area (Å²) < 4.78 is 0. The number of rotatable bonds is 9. The lowest BCUT2D eigenvalue weighted by Crippen LogP contribution is -2.44. The summed E-state index contributed by atoms with van der Waals surface area (Å²) in [7, 11) is 0. The van der Waals surface area contributed by atoms with Crippen LogP contribution in [0.4, 0.5) is 0 Å². The molecule has 6 aromatic rings. The Morgan fingerprint density at radius 2 is 0.576 bits per heavy atom. The zero-order chi connectivity index (χ0) is 68.2. The van der Waals surface area contributed by atoms with E-state index in [0.717, 1.165) is 88.8 Å². The maximum Gasteiger partial charge on any atom is -0.00414 e. The highest BCUT2D eigenvalue weighted by Crippen LogP contribution is 2.61. The predicted molar refractivity (Wildman–Crippen MR) is 425 cm³/mol. The van der Waals surface area contributed by atoms with E-state index >= 15 is 0 Å². The van der Waals surface area contributed by atoms with Crippen LogP contribution in [0.25, 0.3) is 0 Å². The van der Waals surface area contributed by atoms with E-state index in [4.69, 9.17) is 0 Å². The quantitative estimate of drug-likeness (QED) is 0.135. The highest BCUT2D eigenvalue weighted by molar-refractivity contribution is 5.44. The smallest absolute Gasteiger partial charge is 0.00414 e. The van der Waals surface area contributed by atoms with Gasteiger partial charge in [0.25, 0.3) is 0 Å². The molecule has 14 aliphatic carbocycles. The van der Waals surface area contributed by atoms with E-state index in [1.54, 1.807) is 89.9 Å². The van der Waals surface area contributed by atoms with Crippen molar-refractivity contribution in [2.75, 3.05) is 0 Å². The van der Waals surface area contributed by atoms with Crippen LogP contribution in [0.15, 0.2) is 109 Å². The molecule has 0 amide bonds. The molecule has 14 aliphatic rings. The third kappa shape index (κ3) is 15.9. The molecule has 0 aromatic heterocycles. The Hall–Kier alpha value is -4.68. The van der Waals surface area contributed by atoms with Gasteiger partial charge in [-0.25, -0.2) is 0 Å². The second kappa shape index (κ2) is 32.5. The fraction of sp³-hybridized carbons (Fsp3) is 0.636. The maximum absolute atomic E-state index is 2.43. The molecule has 0 N–H and O–H groups in total. The first-order chi connectivity index (χ1) is 48.3. The Morgan fingerprint density at radius 1 is 0.242 bits per heavy atom. The van der Waals surface area contributed by atoms with Crippen LogP contribution < -0.4 is 0 Å². The minimum absolute atomic E-state index is 0.584. The van der Waals surface area contributed by atoms with Gasteiger partial charge < -0.3 is 0 Å². The highest BCUT2D eigenvalue weighted by Gasteiger charge is 2.50. The molecule has 0 radical (unpaired) electrons. The summed E-state index contributed by atoms with van der Waals surface area (Å²) in [4.78, 5) is 0. The first kappa shape index (κ1) is 71.3. The summed E-state index contributed by atoms with van der Waals surface area (Å²) in [6, 6.07) is 42.0. The standard InChI is InChI=1S/C19H28.C18H24.C17H24.3C15H20/c1-15-18(16-9-4-2-5-10-16)13-8-14-19(15)17-11-6-3-7-12-17;1-11-4-3-5-17(12(11)2)18-15-7-13-6-14(9-15)10-16(18)8-13;1-13-16(14-7-2-3-8-14)11-6-12-17(13)15-9-4-5-10-15;1-11-14(12-5-2-6-12)9-4-10-15(11)13-7-3-8-13;1-11-4-3-5-14(12(11)2)15-8-6-13(10-15)7-9-15;1-10-4-3-5-14(11(10)2)15-9-12-6-7-13(15)8-12/h8,13-14,16-17H,2-7,9-12H2,1H3;3-5,13-16,18H,6-10H2,1-2H3;6,11-12,14-15H,2-5,7-10H2,1H3;4,9-10,12-13H,2-3,5-8H2,1H3;3-5,13H,6-10H2,1-2H3;3-5,12-13,15H,6-9H2,1-2H3. The molecule has 3 atom stereocenters. The lowest BCUT2D eigenvalue weighted by atomic mass is 9.50. The molecule has 0 spiro atoms. The van der Waals surface area contributed by atoms with Crippen LogP contribution in [0.1, 0.15) is 391 Å². The molecule has 0 saturated heterocycles. The van der Waals surface area contributed by atoms with Gasteiger partial charge in [0.15, 0.2) is 0 Å². The minimum Gasteiger partial charge on any atom is -0.0617 e. The van der Waals surface area contributed by atoms with Gasteiger partial charge in [-0.1, -0.05) is 193 Å². The van der Waals surface area contributed by atoms with Crippen LogP contribution in [0.2, 0.25) is 0 Å². The van der Waals surface area contributed by atoms with E-state index in [1.807, 2.05) is 0 Å². The van der Waals surface area contributed by atoms with Gasteiger partial charge in [0.1, 0.15) is 0 Å². The van der Waals surface area contributed by atoms with Crippen molar-refractivity contribution in [3.8, 4) is 0 Å². The summed E-state index contributed by atoms with van der Waals surface area (Å²) in [5, 5.41) is 0. The van der Waals surface area contributed by atoms with Gasteiger partial charge in [0.2, 0.25) is 0 Å². The predicted octanol–water partition coefficient (Wildman–Crippen LogP) is 29.1. The van der Waals surface area contributed by atoms with Gasteiger partial charge in [-0.05, 0) is 417 Å². The van der Waals surface area contributed by atoms with Crippen molar-refractivity contribution in [3.05, 3.63) is 209 Å². The lowest BCUT2D eigenvalue weighted by Gasteiger charge is -2.55. The average molecular weight is 1330 g/mol. The SMILES string of the molecule is Cc1c(C2CCC2)cccc1C1CCC1.Cc1c(C2CCCC2)cccc1C1CCCC1.Cc1c(C2CCCCC2)cccc1C1CCCCC1.Cc1cccc(C23CCC(CC2)C3)c1C.Cc1cccc(C2C3CC4CC(C3)CC2C4)c1C.Cc1cccc(C2CC3CCC2C3)c1C. The van der Waals surface area contributed by atoms with Gasteiger partial charge in [0, 0.05) is 0 Å². The molecule has 0 heteroatoms. The van der Waals surface area contributed by atoms with Crippen molar-refractivity contribution in [1.82, 2.24) is 0 Å². The Labute approximate surface area is 606 Å². The Kier molecular flexibility index (Phi) is 23.4. The Balaban J connectivity index is 0.000000102. The lowest BCUT2D eigenvalue weighted by molar-refractivity contribution is -0.00299. The number of aryl methyl sites for hydroxylation is 3. The zero-order valence-corrected chi connectivity index (χ0v) is 64.4. The monoisotopic (exact) mass is 1330 g/mol. The van der Waals surface area contributed by atoms with Gasteiger partial charge in [0.05, 0.1) is 0 Å². The van der Waals surface area contributed by atoms with Crippen LogP contribution in [0.5, 0.6) is 0 Å². The van der Waals surface area contributed by atoms with Crippen molar-refractivity contribution < 1.29 is 0 Å². The molecule has 3 unspecified atom stereocenters. The zero-order valence-electron chi connectivity index (χ0n) is 64.4. The molecule has 14 saturated carbocycles. The summed E-state index contributed by atoms with van der Waals surface area (Å²) in [5.74, 6) is 14.4. The van der Waals surface area contributed by atoms with Crippen LogP contribution in [0.3, 0.4) is 0 Å². The Bertz CT molecular complexity index is 3470. The van der Waals surface area contributed by atoms with Gasteiger partial charge >= 0.3 is 0 Å². The van der Waals surface area contributed by atoms with Crippen molar-refractivity contribution in [3.63, 3.8) is 0 Å². The third-order valence-corrected chi connectivity index (χ3v) is 31.0. The Morgan fingerprint density at radius 3 is 0.929 bits per heavy atom. The molecular formula is C99H136. The van der Waals surface area contributed by atoms with Crippen LogP contribution >= 0.6 is 0 Å². The number of hydrogen-bond acceptors (Lipinski definition) is 0. The molecule has 0 heterocycles. The van der Waals surface area contributed by atoms with E-state index in [-0.39, 0.29) is 0 Å². The molecule has 532 valence electrons. The van der Waals surface area contributed by atoms with Gasteiger partial charge in [-0.3, -0.25) is 0 Å². The molecular weight excluding hydrogens is 1190 g/mol. The molecule has 6 aromatic carbocycles. The van der Waals surface area contributed by atoms with Crippen molar-refractivity contribution in [2.24, 2.45) is 41.4 Å². The van der Waals surface area contributed by atoms with Gasteiger partial charge in [-0.15, -0.1) is 0 Å². The summed E-state index contributed by atoms with van der Waals surface area (Å²) in [5.41, 5.74) is 29.6. The number of hydrogen-bond donors (Lipinski definition) is 0. The normalized spacial score (nSPS) is 29.2. The van der Waals surface area contributed by atoms with E-state index in [0.29, 0.717) is 5.41 Å². The average Bonchev–Trinajstić information content (AvgIpc) is 1.000. The van der Waals surface area contributed by atoms with E-state index in [1.165, 1.54) is 254 Å². The first-order valence-electron chi connectivity index (χ1n) is 42.7. The fourth-order valence-electron chi connectivity index (χ4n) is 24.7. The molecule has 0 aliphatic heterocycles. The summed E-state index contributed by atoms with van der Waals surface area (Å²) >= 11 is 0. The molecule has 14 fully saturated rings. The van der Waals surface area contributed by atoms with Crippen LogP contribution in [-0.4, -0.2) is 0 Å². The maximum atomic E-state index is 2.43. The number of fused-ring (bicyclic) bond motifs is 4. The van der Waals surface area contributed by atoms with E-state index in [9.17, 15) is 0 Å². The van der Waals surface area contributed by atoms with Crippen LogP contribution in [-0.2, 0) is 5.41 Å². The van der Waals surface area contributed by atoms with Crippen molar-refractivity contribution >= 4 is 0 Å². The molecule has 0 nitrogen and oxygen atoms in total. The van der Waals surface area contributed by atoms with Crippen molar-refractivity contribution in [2.45, 2.75) is 359 Å². The fourth-order valence-corrected chi connectivity index (χ4v) is 24.7. The second-order valence-corrected chi connectivity index (χ2v) is 36.6. The topological polar surface area (TPSA) is 0 Å². The number of benzene rings is 6. The largest absolute Gasteiger partial charge is 0.0617 e. The highest BCUT2D eigenvalue weighted by atomic mass is 14.5.